The number of carbonyl (C=O) groups is 1. The van der Waals surface area contributed by atoms with Crippen LogP contribution in [0, 0.1) is 5.82 Å². The highest BCUT2D eigenvalue weighted by molar-refractivity contribution is 5.94. The first-order valence-corrected chi connectivity index (χ1v) is 9.27. The van der Waals surface area contributed by atoms with Crippen molar-refractivity contribution >= 4 is 11.5 Å². The van der Waals surface area contributed by atoms with Crippen molar-refractivity contribution in [1.82, 2.24) is 0 Å². The quantitative estimate of drug-likeness (QED) is 0.716. The van der Waals surface area contributed by atoms with Gasteiger partial charge in [0.05, 0.1) is 26.2 Å². The molecule has 0 bridgehead atoms. The molecular formula is C21H26FN2O3+. The minimum absolute atomic E-state index is 0.0185. The van der Waals surface area contributed by atoms with E-state index in [4.69, 9.17) is 4.74 Å². The summed E-state index contributed by atoms with van der Waals surface area (Å²) < 4.78 is 18.7. The highest BCUT2D eigenvalue weighted by Crippen LogP contribution is 2.15. The Balaban J connectivity index is 1.40. The summed E-state index contributed by atoms with van der Waals surface area (Å²) in [5, 5.41) is 10.3. The van der Waals surface area contributed by atoms with Gasteiger partial charge in [0.25, 0.3) is 0 Å². The topological polar surface area (TPSA) is 54.2 Å². The Morgan fingerprint density at radius 3 is 2.37 bits per heavy atom. The van der Waals surface area contributed by atoms with Gasteiger partial charge in [0.15, 0.2) is 5.78 Å². The molecule has 2 N–H and O–H groups in total. The maximum atomic E-state index is 13.0. The van der Waals surface area contributed by atoms with E-state index in [1.165, 1.54) is 24.0 Å². The average molecular weight is 373 g/mol. The van der Waals surface area contributed by atoms with Crippen molar-refractivity contribution in [3.05, 3.63) is 59.9 Å². The van der Waals surface area contributed by atoms with Crippen LogP contribution in [-0.2, 0) is 0 Å². The first-order valence-electron chi connectivity index (χ1n) is 9.27. The summed E-state index contributed by atoms with van der Waals surface area (Å²) in [6.45, 7) is 5.97. The number of aliphatic hydroxyl groups excluding tert-OH is 1. The smallest absolute Gasteiger partial charge is 0.159 e. The molecule has 144 valence electrons. The molecule has 0 amide bonds. The van der Waals surface area contributed by atoms with Gasteiger partial charge in [-0.1, -0.05) is 0 Å². The zero-order valence-electron chi connectivity index (χ0n) is 15.5. The highest BCUT2D eigenvalue weighted by Gasteiger charge is 2.23. The molecule has 2 aromatic carbocycles. The first-order chi connectivity index (χ1) is 13.0. The summed E-state index contributed by atoms with van der Waals surface area (Å²) >= 11 is 0. The monoisotopic (exact) mass is 373 g/mol. The van der Waals surface area contributed by atoms with Crippen LogP contribution in [-0.4, -0.2) is 56.3 Å². The number of benzene rings is 2. The molecule has 2 aromatic rings. The summed E-state index contributed by atoms with van der Waals surface area (Å²) in [4.78, 5) is 14.8. The number of piperazine rings is 1. The zero-order chi connectivity index (χ0) is 19.2. The molecule has 5 nitrogen and oxygen atoms in total. The van der Waals surface area contributed by atoms with Crippen LogP contribution in [0.2, 0.25) is 0 Å². The van der Waals surface area contributed by atoms with Crippen LogP contribution in [0.15, 0.2) is 48.5 Å². The van der Waals surface area contributed by atoms with E-state index in [0.29, 0.717) is 17.9 Å². The lowest BCUT2D eigenvalue weighted by Gasteiger charge is -2.34. The Labute approximate surface area is 159 Å². The lowest BCUT2D eigenvalue weighted by molar-refractivity contribution is -0.903. The number of quaternary nitrogens is 1. The summed E-state index contributed by atoms with van der Waals surface area (Å²) in [6.07, 6.45) is -0.551. The van der Waals surface area contributed by atoms with E-state index in [0.717, 1.165) is 31.9 Å². The minimum atomic E-state index is -0.551. The van der Waals surface area contributed by atoms with Crippen LogP contribution in [0.5, 0.6) is 5.75 Å². The van der Waals surface area contributed by atoms with Crippen molar-refractivity contribution in [3.8, 4) is 5.75 Å². The number of carbonyl (C=O) groups excluding carboxylic acids is 1. The molecule has 0 saturated carbocycles. The Kier molecular flexibility index (Phi) is 6.42. The van der Waals surface area contributed by atoms with Crippen molar-refractivity contribution in [1.29, 1.82) is 0 Å². The highest BCUT2D eigenvalue weighted by atomic mass is 19.1. The zero-order valence-corrected chi connectivity index (χ0v) is 15.5. The Bertz CT molecular complexity index is 741. The van der Waals surface area contributed by atoms with Gasteiger partial charge in [-0.15, -0.1) is 0 Å². The Morgan fingerprint density at radius 1 is 1.15 bits per heavy atom. The maximum absolute atomic E-state index is 13.0. The molecule has 3 rings (SSSR count). The number of anilines is 1. The molecule has 1 fully saturated rings. The standard InChI is InChI=1S/C21H25FN2O3/c1-16(25)17-2-8-21(9-3-17)27-15-20(26)14-23-10-12-24(13-11-23)19-6-4-18(22)5-7-19/h2-9,20,26H,10-15H2,1H3/p+1/t20-/m0/s1. The molecular weight excluding hydrogens is 347 g/mol. The van der Waals surface area contributed by atoms with Gasteiger partial charge in [-0.3, -0.25) is 4.79 Å². The molecule has 27 heavy (non-hydrogen) atoms. The van der Waals surface area contributed by atoms with Gasteiger partial charge >= 0.3 is 0 Å². The fourth-order valence-corrected chi connectivity index (χ4v) is 3.31. The fourth-order valence-electron chi connectivity index (χ4n) is 3.31. The second kappa shape index (κ2) is 8.97. The fraction of sp³-hybridized carbons (Fsp3) is 0.381. The molecule has 0 radical (unpaired) electrons. The number of rotatable bonds is 7. The van der Waals surface area contributed by atoms with Crippen LogP contribution < -0.4 is 14.5 Å². The number of nitrogens with zero attached hydrogens (tertiary/aromatic N) is 1. The summed E-state index contributed by atoms with van der Waals surface area (Å²) in [7, 11) is 0. The normalized spacial score (nSPS) is 16.2. The van der Waals surface area contributed by atoms with Crippen molar-refractivity contribution in [2.24, 2.45) is 0 Å². The molecule has 1 aliphatic heterocycles. The number of hydrogen-bond donors (Lipinski definition) is 2. The molecule has 0 spiro atoms. The molecule has 1 aliphatic rings. The van der Waals surface area contributed by atoms with Gasteiger partial charge in [-0.05, 0) is 55.5 Å². The molecule has 6 heteroatoms. The van der Waals surface area contributed by atoms with Gasteiger partial charge in [0, 0.05) is 11.3 Å². The van der Waals surface area contributed by atoms with Crippen molar-refractivity contribution in [2.45, 2.75) is 13.0 Å². The first kappa shape index (κ1) is 19.3. The SMILES string of the molecule is CC(=O)c1ccc(OC[C@@H](O)C[NH+]2CCN(c3ccc(F)cc3)CC2)cc1. The van der Waals surface area contributed by atoms with Crippen molar-refractivity contribution in [2.75, 3.05) is 44.2 Å². The second-order valence-corrected chi connectivity index (χ2v) is 6.96. The minimum Gasteiger partial charge on any atom is -0.491 e. The van der Waals surface area contributed by atoms with Crippen LogP contribution in [0.1, 0.15) is 17.3 Å². The predicted octanol–water partition coefficient (Wildman–Crippen LogP) is 1.17. The average Bonchev–Trinajstić information content (AvgIpc) is 2.68. The van der Waals surface area contributed by atoms with Gasteiger partial charge in [0.1, 0.15) is 30.8 Å². The van der Waals surface area contributed by atoms with Crippen LogP contribution in [0.3, 0.4) is 0 Å². The van der Waals surface area contributed by atoms with E-state index in [9.17, 15) is 14.3 Å². The van der Waals surface area contributed by atoms with E-state index >= 15 is 0 Å². The van der Waals surface area contributed by atoms with Crippen LogP contribution in [0.4, 0.5) is 10.1 Å². The lowest BCUT2D eigenvalue weighted by atomic mass is 10.1. The largest absolute Gasteiger partial charge is 0.491 e. The lowest BCUT2D eigenvalue weighted by Crippen LogP contribution is -3.16. The maximum Gasteiger partial charge on any atom is 0.159 e. The van der Waals surface area contributed by atoms with E-state index in [1.807, 2.05) is 0 Å². The number of Topliss-reactive ketones (excluding diaryl/α,β-unsaturated/α-hetero) is 1. The number of ketones is 1. The molecule has 0 aromatic heterocycles. The predicted molar refractivity (Wildman–Crippen MR) is 102 cm³/mol. The van der Waals surface area contributed by atoms with E-state index in [1.54, 1.807) is 36.4 Å². The van der Waals surface area contributed by atoms with Gasteiger partial charge in [0.2, 0.25) is 0 Å². The number of halogens is 1. The third kappa shape index (κ3) is 5.52. The van der Waals surface area contributed by atoms with E-state index < -0.39 is 6.10 Å². The summed E-state index contributed by atoms with van der Waals surface area (Å²) in [5.74, 6) is 0.446. The van der Waals surface area contributed by atoms with E-state index in [-0.39, 0.29) is 18.2 Å². The van der Waals surface area contributed by atoms with Crippen LogP contribution >= 0.6 is 0 Å². The summed E-state index contributed by atoms with van der Waals surface area (Å²) in [5.41, 5.74) is 1.68. The summed E-state index contributed by atoms with van der Waals surface area (Å²) in [6, 6.07) is 13.5. The van der Waals surface area contributed by atoms with E-state index in [2.05, 4.69) is 4.90 Å². The molecule has 0 unspecified atom stereocenters. The number of aliphatic hydroxyl groups is 1. The number of nitrogens with one attached hydrogen (secondary N) is 1. The third-order valence-electron chi connectivity index (χ3n) is 4.89. The molecule has 0 aliphatic carbocycles. The van der Waals surface area contributed by atoms with Gasteiger partial charge < -0.3 is 19.6 Å². The Morgan fingerprint density at radius 2 is 1.78 bits per heavy atom. The Hall–Kier alpha value is -2.44. The van der Waals surface area contributed by atoms with Gasteiger partial charge in [-0.25, -0.2) is 4.39 Å². The number of ether oxygens (including phenoxy) is 1. The van der Waals surface area contributed by atoms with Crippen molar-refractivity contribution < 1.29 is 23.9 Å². The molecule has 1 atom stereocenters. The second-order valence-electron chi connectivity index (χ2n) is 6.96. The molecule has 1 saturated heterocycles. The third-order valence-corrected chi connectivity index (χ3v) is 4.89. The van der Waals surface area contributed by atoms with Crippen molar-refractivity contribution in [3.63, 3.8) is 0 Å². The number of hydrogen-bond acceptors (Lipinski definition) is 4. The van der Waals surface area contributed by atoms with Crippen LogP contribution in [0.25, 0.3) is 0 Å². The van der Waals surface area contributed by atoms with Gasteiger partial charge in [-0.2, -0.15) is 0 Å². The molecule has 1 heterocycles.